The van der Waals surface area contributed by atoms with Gasteiger partial charge in [-0.2, -0.15) is 20.6 Å². The molecule has 2 aromatic heterocycles. The molecule has 1 fully saturated rings. The number of thiophene rings is 1. The molecule has 1 aromatic carbocycles. The third-order valence-corrected chi connectivity index (χ3v) is 7.14. The number of rotatable bonds is 5. The van der Waals surface area contributed by atoms with Crippen LogP contribution in [0.25, 0.3) is 11.4 Å². The van der Waals surface area contributed by atoms with Crippen LogP contribution in [-0.2, 0) is 16.4 Å². The molecule has 8 heteroatoms. The van der Waals surface area contributed by atoms with Crippen LogP contribution in [0.3, 0.4) is 0 Å². The van der Waals surface area contributed by atoms with E-state index in [4.69, 9.17) is 4.52 Å². The third kappa shape index (κ3) is 3.58. The SMILES string of the molecule is O=S(=O)(c1ccccc1)N1CCCC(Cc2nc(-c3ccsc3)no2)C1. The number of sulfonamides is 1. The average molecular weight is 390 g/mol. The van der Waals surface area contributed by atoms with Crippen LogP contribution in [0, 0.1) is 5.92 Å². The lowest BCUT2D eigenvalue weighted by molar-refractivity contribution is 0.247. The number of piperidine rings is 1. The minimum atomic E-state index is -3.45. The Hall–Kier alpha value is -2.03. The number of hydrogen-bond acceptors (Lipinski definition) is 6. The van der Waals surface area contributed by atoms with E-state index in [2.05, 4.69) is 10.1 Å². The van der Waals surface area contributed by atoms with Gasteiger partial charge in [0.2, 0.25) is 21.7 Å². The molecule has 4 rings (SSSR count). The van der Waals surface area contributed by atoms with Gasteiger partial charge in [0.1, 0.15) is 0 Å². The molecule has 26 heavy (non-hydrogen) atoms. The minimum absolute atomic E-state index is 0.179. The van der Waals surface area contributed by atoms with Crippen LogP contribution in [0.4, 0.5) is 0 Å². The summed E-state index contributed by atoms with van der Waals surface area (Å²) in [5.74, 6) is 1.33. The summed E-state index contributed by atoms with van der Waals surface area (Å²) in [7, 11) is -3.45. The Labute approximate surface area is 156 Å². The van der Waals surface area contributed by atoms with Crippen molar-refractivity contribution < 1.29 is 12.9 Å². The number of benzene rings is 1. The van der Waals surface area contributed by atoms with Gasteiger partial charge in [0.25, 0.3) is 0 Å². The van der Waals surface area contributed by atoms with Gasteiger partial charge in [-0.15, -0.1) is 0 Å². The number of aromatic nitrogens is 2. The average Bonchev–Trinajstić information content (AvgIpc) is 3.34. The summed E-state index contributed by atoms with van der Waals surface area (Å²) < 4.78 is 32.6. The summed E-state index contributed by atoms with van der Waals surface area (Å²) in [4.78, 5) is 4.80. The van der Waals surface area contributed by atoms with Gasteiger partial charge in [-0.25, -0.2) is 8.42 Å². The standard InChI is InChI=1S/C18H19N3O3S2/c22-26(23,16-6-2-1-3-7-16)21-9-4-5-14(12-21)11-17-19-18(20-24-17)15-8-10-25-13-15/h1-3,6-8,10,13-14H,4-5,9,11-12H2. The van der Waals surface area contributed by atoms with Gasteiger partial charge < -0.3 is 4.52 Å². The Morgan fingerprint density at radius 1 is 1.23 bits per heavy atom. The Morgan fingerprint density at radius 2 is 2.08 bits per heavy atom. The largest absolute Gasteiger partial charge is 0.339 e. The van der Waals surface area contributed by atoms with Crippen LogP contribution >= 0.6 is 11.3 Å². The highest BCUT2D eigenvalue weighted by molar-refractivity contribution is 7.89. The third-order valence-electron chi connectivity index (χ3n) is 4.57. The van der Waals surface area contributed by atoms with Crippen molar-refractivity contribution in [3.8, 4) is 11.4 Å². The van der Waals surface area contributed by atoms with Crippen LogP contribution in [0.5, 0.6) is 0 Å². The Bertz CT molecular complexity index is 953. The number of hydrogen-bond donors (Lipinski definition) is 0. The fourth-order valence-corrected chi connectivity index (χ4v) is 5.46. The zero-order valence-electron chi connectivity index (χ0n) is 14.1. The molecular weight excluding hydrogens is 370 g/mol. The zero-order valence-corrected chi connectivity index (χ0v) is 15.7. The molecule has 1 saturated heterocycles. The molecule has 6 nitrogen and oxygen atoms in total. The van der Waals surface area contributed by atoms with Gasteiger partial charge in [-0.1, -0.05) is 23.4 Å². The predicted octanol–water partition coefficient (Wildman–Crippen LogP) is 3.44. The van der Waals surface area contributed by atoms with Crippen molar-refractivity contribution in [3.05, 3.63) is 53.0 Å². The quantitative estimate of drug-likeness (QED) is 0.668. The van der Waals surface area contributed by atoms with Crippen LogP contribution < -0.4 is 0 Å². The first kappa shape index (κ1) is 17.4. The Balaban J connectivity index is 1.46. The number of nitrogens with zero attached hydrogens (tertiary/aromatic N) is 3. The van der Waals surface area contributed by atoms with Gasteiger partial charge in [-0.05, 0) is 42.3 Å². The van der Waals surface area contributed by atoms with E-state index in [-0.39, 0.29) is 5.92 Å². The van der Waals surface area contributed by atoms with Crippen molar-refractivity contribution in [2.45, 2.75) is 24.2 Å². The first-order chi connectivity index (χ1) is 12.6. The van der Waals surface area contributed by atoms with Gasteiger partial charge in [0, 0.05) is 30.5 Å². The second kappa shape index (κ2) is 7.30. The van der Waals surface area contributed by atoms with Crippen molar-refractivity contribution >= 4 is 21.4 Å². The maximum Gasteiger partial charge on any atom is 0.243 e. The second-order valence-corrected chi connectivity index (χ2v) is 9.13. The summed E-state index contributed by atoms with van der Waals surface area (Å²) >= 11 is 1.59. The fourth-order valence-electron chi connectivity index (χ4n) is 3.25. The smallest absolute Gasteiger partial charge is 0.243 e. The van der Waals surface area contributed by atoms with E-state index in [1.54, 1.807) is 39.9 Å². The van der Waals surface area contributed by atoms with Crippen molar-refractivity contribution in [2.75, 3.05) is 13.1 Å². The van der Waals surface area contributed by atoms with Crippen molar-refractivity contribution in [1.29, 1.82) is 0 Å². The highest BCUT2D eigenvalue weighted by Crippen LogP contribution is 2.26. The topological polar surface area (TPSA) is 76.3 Å². The Morgan fingerprint density at radius 3 is 2.85 bits per heavy atom. The predicted molar refractivity (Wildman–Crippen MR) is 99.2 cm³/mol. The van der Waals surface area contributed by atoms with E-state index in [1.807, 2.05) is 22.9 Å². The van der Waals surface area contributed by atoms with Crippen LogP contribution in [0.2, 0.25) is 0 Å². The summed E-state index contributed by atoms with van der Waals surface area (Å²) in [6.45, 7) is 1.03. The molecule has 3 aromatic rings. The molecule has 0 saturated carbocycles. The maximum absolute atomic E-state index is 12.8. The van der Waals surface area contributed by atoms with E-state index < -0.39 is 10.0 Å². The normalized spacial score (nSPS) is 18.8. The van der Waals surface area contributed by atoms with E-state index in [9.17, 15) is 8.42 Å². The molecule has 1 aliphatic rings. The second-order valence-electron chi connectivity index (χ2n) is 6.41. The van der Waals surface area contributed by atoms with Gasteiger partial charge in [-0.3, -0.25) is 0 Å². The molecular formula is C18H19N3O3S2. The lowest BCUT2D eigenvalue weighted by Gasteiger charge is -2.31. The fraction of sp³-hybridized carbons (Fsp3) is 0.333. The minimum Gasteiger partial charge on any atom is -0.339 e. The lowest BCUT2D eigenvalue weighted by Crippen LogP contribution is -2.40. The van der Waals surface area contributed by atoms with Crippen molar-refractivity contribution in [1.82, 2.24) is 14.4 Å². The molecule has 1 unspecified atom stereocenters. The molecule has 0 bridgehead atoms. The molecule has 136 valence electrons. The monoisotopic (exact) mass is 389 g/mol. The van der Waals surface area contributed by atoms with Crippen molar-refractivity contribution in [2.24, 2.45) is 5.92 Å². The zero-order chi connectivity index (χ0) is 18.0. The van der Waals surface area contributed by atoms with Crippen molar-refractivity contribution in [3.63, 3.8) is 0 Å². The van der Waals surface area contributed by atoms with Crippen LogP contribution in [0.1, 0.15) is 18.7 Å². The molecule has 1 aliphatic heterocycles. The molecule has 3 heterocycles. The van der Waals surface area contributed by atoms with E-state index >= 15 is 0 Å². The molecule has 0 radical (unpaired) electrons. The summed E-state index contributed by atoms with van der Waals surface area (Å²) in [5.41, 5.74) is 0.946. The first-order valence-electron chi connectivity index (χ1n) is 8.53. The summed E-state index contributed by atoms with van der Waals surface area (Å²) in [5, 5.41) is 7.97. The molecule has 0 aliphatic carbocycles. The first-order valence-corrected chi connectivity index (χ1v) is 10.9. The molecule has 1 atom stereocenters. The van der Waals surface area contributed by atoms with Gasteiger partial charge >= 0.3 is 0 Å². The molecule has 0 spiro atoms. The van der Waals surface area contributed by atoms with Crippen LogP contribution in [-0.4, -0.2) is 36.0 Å². The maximum atomic E-state index is 12.8. The Kier molecular flexibility index (Phi) is 4.88. The van der Waals surface area contributed by atoms with E-state index in [0.29, 0.717) is 36.1 Å². The van der Waals surface area contributed by atoms with E-state index in [1.165, 1.54) is 0 Å². The highest BCUT2D eigenvalue weighted by atomic mass is 32.2. The highest BCUT2D eigenvalue weighted by Gasteiger charge is 2.31. The van der Waals surface area contributed by atoms with Gasteiger partial charge in [0.15, 0.2) is 0 Å². The lowest BCUT2D eigenvalue weighted by atomic mass is 9.96. The van der Waals surface area contributed by atoms with Crippen LogP contribution in [0.15, 0.2) is 56.6 Å². The van der Waals surface area contributed by atoms with Gasteiger partial charge in [0.05, 0.1) is 4.90 Å². The summed E-state index contributed by atoms with van der Waals surface area (Å²) in [6.07, 6.45) is 2.39. The molecule has 0 amide bonds. The van der Waals surface area contributed by atoms with E-state index in [0.717, 1.165) is 18.4 Å². The summed E-state index contributed by atoms with van der Waals surface area (Å²) in [6, 6.07) is 10.6. The molecule has 0 N–H and O–H groups in total.